The van der Waals surface area contributed by atoms with E-state index >= 15 is 0 Å². The topological polar surface area (TPSA) is 67.4 Å². The molecular formula is C19H21ClN2O3. The molecule has 0 aliphatic heterocycles. The maximum absolute atomic E-state index is 12.2. The molecule has 5 nitrogen and oxygen atoms in total. The highest BCUT2D eigenvalue weighted by atomic mass is 35.5. The summed E-state index contributed by atoms with van der Waals surface area (Å²) >= 11 is 6.07. The minimum Gasteiger partial charge on any atom is -0.385 e. The summed E-state index contributed by atoms with van der Waals surface area (Å²) in [7, 11) is 1.62. The van der Waals surface area contributed by atoms with Crippen molar-refractivity contribution < 1.29 is 14.3 Å². The number of benzene rings is 2. The van der Waals surface area contributed by atoms with Crippen molar-refractivity contribution in [1.82, 2.24) is 10.6 Å². The van der Waals surface area contributed by atoms with E-state index < -0.39 is 0 Å². The van der Waals surface area contributed by atoms with Gasteiger partial charge in [0.25, 0.3) is 11.8 Å². The third kappa shape index (κ3) is 5.89. The summed E-state index contributed by atoms with van der Waals surface area (Å²) in [5.74, 6) is -0.383. The summed E-state index contributed by atoms with van der Waals surface area (Å²) in [5.41, 5.74) is 1.85. The lowest BCUT2D eigenvalue weighted by molar-refractivity contribution is 0.0937. The SMILES string of the molecule is COCCCNC(=O)c1ccc(C(=O)NCc2ccccc2Cl)cc1. The Hall–Kier alpha value is -2.37. The number of ether oxygens (including phenoxy) is 1. The molecule has 0 aliphatic rings. The van der Waals surface area contributed by atoms with Gasteiger partial charge in [0.1, 0.15) is 0 Å². The predicted molar refractivity (Wildman–Crippen MR) is 97.9 cm³/mol. The van der Waals surface area contributed by atoms with Crippen LogP contribution >= 0.6 is 11.6 Å². The van der Waals surface area contributed by atoms with Gasteiger partial charge in [0.05, 0.1) is 0 Å². The lowest BCUT2D eigenvalue weighted by Crippen LogP contribution is -2.26. The molecule has 2 rings (SSSR count). The van der Waals surface area contributed by atoms with Crippen LogP contribution in [0.1, 0.15) is 32.7 Å². The lowest BCUT2D eigenvalue weighted by atomic mass is 10.1. The first-order valence-electron chi connectivity index (χ1n) is 8.00. The van der Waals surface area contributed by atoms with Gasteiger partial charge in [0.2, 0.25) is 0 Å². The third-order valence-corrected chi connectivity index (χ3v) is 3.99. The van der Waals surface area contributed by atoms with Gasteiger partial charge in [0, 0.05) is 43.0 Å². The Morgan fingerprint density at radius 3 is 2.16 bits per heavy atom. The predicted octanol–water partition coefficient (Wildman–Crippen LogP) is 3.04. The van der Waals surface area contributed by atoms with Crippen molar-refractivity contribution in [3.63, 3.8) is 0 Å². The maximum atomic E-state index is 12.2. The van der Waals surface area contributed by atoms with Crippen LogP contribution in [0.2, 0.25) is 5.02 Å². The van der Waals surface area contributed by atoms with Gasteiger partial charge in [-0.1, -0.05) is 29.8 Å². The van der Waals surface area contributed by atoms with Crippen LogP contribution in [0, 0.1) is 0 Å². The molecule has 0 aliphatic carbocycles. The normalized spacial score (nSPS) is 10.3. The van der Waals surface area contributed by atoms with Crippen LogP contribution < -0.4 is 10.6 Å². The minimum atomic E-state index is -0.216. The van der Waals surface area contributed by atoms with Gasteiger partial charge >= 0.3 is 0 Å². The lowest BCUT2D eigenvalue weighted by Gasteiger charge is -2.08. The fourth-order valence-electron chi connectivity index (χ4n) is 2.21. The first-order valence-corrected chi connectivity index (χ1v) is 8.38. The van der Waals surface area contributed by atoms with E-state index in [1.807, 2.05) is 18.2 Å². The van der Waals surface area contributed by atoms with Crippen LogP contribution in [0.3, 0.4) is 0 Å². The van der Waals surface area contributed by atoms with E-state index in [4.69, 9.17) is 16.3 Å². The number of rotatable bonds is 8. The summed E-state index contributed by atoms with van der Waals surface area (Å²) in [6.07, 6.45) is 0.755. The van der Waals surface area contributed by atoms with Crippen molar-refractivity contribution >= 4 is 23.4 Å². The molecule has 0 aromatic heterocycles. The zero-order chi connectivity index (χ0) is 18.1. The van der Waals surface area contributed by atoms with Crippen LogP contribution in [0.5, 0.6) is 0 Å². The standard InChI is InChI=1S/C19H21ClN2O3/c1-25-12-4-11-21-18(23)14-7-9-15(10-8-14)19(24)22-13-16-5-2-3-6-17(16)20/h2-3,5-10H,4,11-13H2,1H3,(H,21,23)(H,22,24). The monoisotopic (exact) mass is 360 g/mol. The van der Waals surface area contributed by atoms with Crippen molar-refractivity contribution in [2.24, 2.45) is 0 Å². The molecule has 2 amide bonds. The average Bonchev–Trinajstić information content (AvgIpc) is 2.64. The Balaban J connectivity index is 1.87. The highest BCUT2D eigenvalue weighted by Gasteiger charge is 2.09. The van der Waals surface area contributed by atoms with E-state index in [9.17, 15) is 9.59 Å². The van der Waals surface area contributed by atoms with Crippen molar-refractivity contribution in [2.75, 3.05) is 20.3 Å². The molecule has 2 aromatic rings. The quantitative estimate of drug-likeness (QED) is 0.711. The molecule has 0 saturated heterocycles. The second kappa shape index (κ2) is 9.81. The molecule has 0 unspecified atom stereocenters. The summed E-state index contributed by atoms with van der Waals surface area (Å²) in [6, 6.07) is 13.9. The van der Waals surface area contributed by atoms with Gasteiger partial charge < -0.3 is 15.4 Å². The molecule has 2 aromatic carbocycles. The third-order valence-electron chi connectivity index (χ3n) is 3.62. The molecule has 0 bridgehead atoms. The Morgan fingerprint density at radius 1 is 0.960 bits per heavy atom. The van der Waals surface area contributed by atoms with Crippen LogP contribution in [-0.2, 0) is 11.3 Å². The molecule has 2 N–H and O–H groups in total. The van der Waals surface area contributed by atoms with Crippen LogP contribution in [0.4, 0.5) is 0 Å². The van der Waals surface area contributed by atoms with Gasteiger partial charge in [-0.05, 0) is 42.3 Å². The molecule has 132 valence electrons. The fraction of sp³-hybridized carbons (Fsp3) is 0.263. The molecule has 0 spiro atoms. The molecule has 6 heteroatoms. The van der Waals surface area contributed by atoms with E-state index in [0.717, 1.165) is 12.0 Å². The minimum absolute atomic E-state index is 0.167. The van der Waals surface area contributed by atoms with E-state index in [0.29, 0.717) is 35.8 Å². The summed E-state index contributed by atoms with van der Waals surface area (Å²) < 4.78 is 4.93. The number of amides is 2. The smallest absolute Gasteiger partial charge is 0.251 e. The zero-order valence-electron chi connectivity index (χ0n) is 14.0. The number of hydrogen-bond donors (Lipinski definition) is 2. The number of nitrogens with one attached hydrogen (secondary N) is 2. The molecule has 0 saturated carbocycles. The number of halogens is 1. The van der Waals surface area contributed by atoms with E-state index in [1.54, 1.807) is 37.4 Å². The van der Waals surface area contributed by atoms with E-state index in [-0.39, 0.29) is 11.8 Å². The fourth-order valence-corrected chi connectivity index (χ4v) is 2.42. The Labute approximate surface area is 152 Å². The second-order valence-corrected chi connectivity index (χ2v) is 5.86. The molecular weight excluding hydrogens is 340 g/mol. The van der Waals surface area contributed by atoms with Crippen molar-refractivity contribution in [1.29, 1.82) is 0 Å². The number of carbonyl (C=O) groups is 2. The van der Waals surface area contributed by atoms with Crippen LogP contribution in [0.15, 0.2) is 48.5 Å². The van der Waals surface area contributed by atoms with Crippen LogP contribution in [0.25, 0.3) is 0 Å². The Morgan fingerprint density at radius 2 is 1.56 bits per heavy atom. The van der Waals surface area contributed by atoms with Crippen LogP contribution in [-0.4, -0.2) is 32.1 Å². The van der Waals surface area contributed by atoms with Gasteiger partial charge in [-0.2, -0.15) is 0 Å². The molecule has 0 radical (unpaired) electrons. The van der Waals surface area contributed by atoms with Gasteiger partial charge in [-0.15, -0.1) is 0 Å². The van der Waals surface area contributed by atoms with E-state index in [1.165, 1.54) is 0 Å². The second-order valence-electron chi connectivity index (χ2n) is 5.45. The number of hydrogen-bond acceptors (Lipinski definition) is 3. The largest absolute Gasteiger partial charge is 0.385 e. The van der Waals surface area contributed by atoms with Crippen molar-refractivity contribution in [3.8, 4) is 0 Å². The van der Waals surface area contributed by atoms with Gasteiger partial charge in [-0.3, -0.25) is 9.59 Å². The van der Waals surface area contributed by atoms with Crippen molar-refractivity contribution in [2.45, 2.75) is 13.0 Å². The van der Waals surface area contributed by atoms with E-state index in [2.05, 4.69) is 10.6 Å². The Kier molecular flexibility index (Phi) is 7.44. The maximum Gasteiger partial charge on any atom is 0.251 e. The average molecular weight is 361 g/mol. The number of carbonyl (C=O) groups excluding carboxylic acids is 2. The zero-order valence-corrected chi connectivity index (χ0v) is 14.8. The first-order chi connectivity index (χ1) is 12.1. The summed E-state index contributed by atoms with van der Waals surface area (Å²) in [6.45, 7) is 1.50. The molecule has 0 fully saturated rings. The summed E-state index contributed by atoms with van der Waals surface area (Å²) in [5, 5.41) is 6.23. The highest BCUT2D eigenvalue weighted by molar-refractivity contribution is 6.31. The molecule has 0 atom stereocenters. The molecule has 0 heterocycles. The van der Waals surface area contributed by atoms with Gasteiger partial charge in [-0.25, -0.2) is 0 Å². The summed E-state index contributed by atoms with van der Waals surface area (Å²) in [4.78, 5) is 24.2. The number of methoxy groups -OCH3 is 1. The first kappa shape index (κ1) is 19.0. The Bertz CT molecular complexity index is 717. The molecule has 25 heavy (non-hydrogen) atoms. The highest BCUT2D eigenvalue weighted by Crippen LogP contribution is 2.14. The van der Waals surface area contributed by atoms with Gasteiger partial charge in [0.15, 0.2) is 0 Å². The van der Waals surface area contributed by atoms with Crippen molar-refractivity contribution in [3.05, 3.63) is 70.2 Å².